The summed E-state index contributed by atoms with van der Waals surface area (Å²) in [6.45, 7) is 0. The lowest BCUT2D eigenvalue weighted by molar-refractivity contribution is -0.383. The van der Waals surface area contributed by atoms with Crippen LogP contribution in [0, 0.1) is 10.1 Å². The predicted octanol–water partition coefficient (Wildman–Crippen LogP) is 2.89. The largest absolute Gasteiger partial charge is 0.496 e. The lowest BCUT2D eigenvalue weighted by atomic mass is 9.95. The van der Waals surface area contributed by atoms with Crippen molar-refractivity contribution in [1.82, 2.24) is 15.4 Å². The predicted molar refractivity (Wildman–Crippen MR) is 103 cm³/mol. The van der Waals surface area contributed by atoms with E-state index in [0.717, 1.165) is 25.7 Å². The van der Waals surface area contributed by atoms with Gasteiger partial charge < -0.3 is 10.1 Å². The van der Waals surface area contributed by atoms with Crippen molar-refractivity contribution in [2.75, 3.05) is 17.9 Å². The Balaban J connectivity index is 1.76. The maximum atomic E-state index is 12.4. The molecule has 1 aliphatic rings. The van der Waals surface area contributed by atoms with Crippen LogP contribution in [0.2, 0.25) is 0 Å². The highest BCUT2D eigenvalue weighted by Crippen LogP contribution is 2.31. The van der Waals surface area contributed by atoms with Crippen LogP contribution in [0.1, 0.15) is 42.5 Å². The molecule has 0 unspecified atom stereocenters. The van der Waals surface area contributed by atoms with E-state index in [-0.39, 0.29) is 28.9 Å². The molecule has 1 amide bonds. The third-order valence-corrected chi connectivity index (χ3v) is 4.60. The van der Waals surface area contributed by atoms with E-state index >= 15 is 0 Å². The molecule has 0 bridgehead atoms. The first kappa shape index (κ1) is 19.3. The van der Waals surface area contributed by atoms with Gasteiger partial charge in [-0.2, -0.15) is 0 Å². The van der Waals surface area contributed by atoms with Crippen molar-refractivity contribution in [3.63, 3.8) is 0 Å². The second-order valence-electron chi connectivity index (χ2n) is 6.44. The van der Waals surface area contributed by atoms with Crippen molar-refractivity contribution in [3.8, 4) is 5.75 Å². The van der Waals surface area contributed by atoms with Gasteiger partial charge >= 0.3 is 5.69 Å². The summed E-state index contributed by atoms with van der Waals surface area (Å²) in [5, 5.41) is 14.8. The Labute approximate surface area is 161 Å². The van der Waals surface area contributed by atoms with Crippen LogP contribution in [0.15, 0.2) is 30.6 Å². The third kappa shape index (κ3) is 4.45. The van der Waals surface area contributed by atoms with Crippen LogP contribution in [0.3, 0.4) is 0 Å². The van der Waals surface area contributed by atoms with E-state index in [2.05, 4.69) is 26.1 Å². The maximum Gasteiger partial charge on any atom is 0.354 e. The van der Waals surface area contributed by atoms with Gasteiger partial charge in [0.05, 0.1) is 17.6 Å². The number of hydrogen-bond donors (Lipinski definition) is 3. The van der Waals surface area contributed by atoms with E-state index in [1.807, 2.05) is 0 Å². The van der Waals surface area contributed by atoms with Gasteiger partial charge in [0.25, 0.3) is 5.91 Å². The molecule has 1 aromatic heterocycles. The number of hydrogen-bond acceptors (Lipinski definition) is 8. The number of anilines is 2. The summed E-state index contributed by atoms with van der Waals surface area (Å²) in [5.41, 5.74) is 4.93. The molecule has 0 aliphatic heterocycles. The Hall–Kier alpha value is -3.43. The van der Waals surface area contributed by atoms with Crippen molar-refractivity contribution < 1.29 is 14.5 Å². The summed E-state index contributed by atoms with van der Waals surface area (Å²) < 4.78 is 5.15. The van der Waals surface area contributed by atoms with Crippen LogP contribution in [0.4, 0.5) is 17.3 Å². The van der Waals surface area contributed by atoms with Gasteiger partial charge in [-0.05, 0) is 25.0 Å². The molecular weight excluding hydrogens is 364 g/mol. The Morgan fingerprint density at radius 3 is 2.61 bits per heavy atom. The Kier molecular flexibility index (Phi) is 6.20. The van der Waals surface area contributed by atoms with Gasteiger partial charge in [0.2, 0.25) is 11.6 Å². The minimum atomic E-state index is -0.567. The number of ether oxygens (including phenoxy) is 1. The first-order valence-corrected chi connectivity index (χ1v) is 9.05. The molecule has 0 saturated heterocycles. The minimum absolute atomic E-state index is 0.0958. The van der Waals surface area contributed by atoms with E-state index in [9.17, 15) is 14.9 Å². The topological polar surface area (TPSA) is 131 Å². The van der Waals surface area contributed by atoms with Gasteiger partial charge in [0, 0.05) is 6.04 Å². The number of carbonyl (C=O) groups excluding carboxylic acids is 1. The highest BCUT2D eigenvalue weighted by Gasteiger charge is 2.26. The Morgan fingerprint density at radius 2 is 1.89 bits per heavy atom. The number of amides is 1. The molecule has 0 spiro atoms. The summed E-state index contributed by atoms with van der Waals surface area (Å²) in [5.74, 6) is -0.0757. The molecule has 1 fully saturated rings. The molecule has 1 heterocycles. The molecule has 10 nitrogen and oxygen atoms in total. The zero-order valence-corrected chi connectivity index (χ0v) is 15.5. The van der Waals surface area contributed by atoms with E-state index in [4.69, 9.17) is 4.74 Å². The van der Waals surface area contributed by atoms with Crippen molar-refractivity contribution in [1.29, 1.82) is 0 Å². The number of aromatic nitrogens is 2. The van der Waals surface area contributed by atoms with Crippen molar-refractivity contribution in [2.24, 2.45) is 0 Å². The average Bonchev–Trinajstić information content (AvgIpc) is 2.72. The van der Waals surface area contributed by atoms with Crippen molar-refractivity contribution in [2.45, 2.75) is 38.1 Å². The molecule has 2 aromatic rings. The Bertz CT molecular complexity index is 854. The van der Waals surface area contributed by atoms with Crippen LogP contribution >= 0.6 is 0 Å². The number of hydrazine groups is 1. The highest BCUT2D eigenvalue weighted by atomic mass is 16.6. The smallest absolute Gasteiger partial charge is 0.354 e. The fourth-order valence-electron chi connectivity index (χ4n) is 3.20. The van der Waals surface area contributed by atoms with Crippen LogP contribution in [-0.2, 0) is 0 Å². The number of rotatable bonds is 7. The van der Waals surface area contributed by atoms with Crippen molar-refractivity contribution >= 4 is 23.2 Å². The standard InChI is InChI=1S/C18H22N6O4/c1-28-14-10-6-5-9-13(14)18(25)23-22-17-15(24(26)27)16(19-11-20-17)21-12-7-3-2-4-8-12/h5-6,9-12H,2-4,7-8H2,1H3,(H,23,25)(H2,19,20,21,22). The van der Waals surface area contributed by atoms with Crippen LogP contribution < -0.4 is 20.9 Å². The number of methoxy groups -OCH3 is 1. The third-order valence-electron chi connectivity index (χ3n) is 4.60. The lowest BCUT2D eigenvalue weighted by Crippen LogP contribution is -2.31. The normalized spacial score (nSPS) is 14.2. The highest BCUT2D eigenvalue weighted by molar-refractivity contribution is 5.97. The van der Waals surface area contributed by atoms with Crippen LogP contribution in [-0.4, -0.2) is 34.0 Å². The van der Waals surface area contributed by atoms with Crippen LogP contribution in [0.25, 0.3) is 0 Å². The van der Waals surface area contributed by atoms with Crippen LogP contribution in [0.5, 0.6) is 5.75 Å². The lowest BCUT2D eigenvalue weighted by Gasteiger charge is -2.23. The summed E-state index contributed by atoms with van der Waals surface area (Å²) >= 11 is 0. The first-order chi connectivity index (χ1) is 13.6. The SMILES string of the molecule is COc1ccccc1C(=O)NNc1ncnc(NC2CCCCC2)c1[N+](=O)[O-]. The van der Waals surface area contributed by atoms with Gasteiger partial charge in [-0.25, -0.2) is 9.97 Å². The number of benzene rings is 1. The van der Waals surface area contributed by atoms with Gasteiger partial charge in [-0.1, -0.05) is 31.4 Å². The molecule has 0 radical (unpaired) electrons. The van der Waals surface area contributed by atoms with E-state index in [1.165, 1.54) is 19.9 Å². The number of nitro groups is 1. The quantitative estimate of drug-likeness (QED) is 0.489. The number of carbonyl (C=O) groups is 1. The molecule has 3 N–H and O–H groups in total. The molecule has 148 valence electrons. The number of nitrogens with one attached hydrogen (secondary N) is 3. The number of para-hydroxylation sites is 1. The monoisotopic (exact) mass is 386 g/mol. The van der Waals surface area contributed by atoms with Crippen molar-refractivity contribution in [3.05, 3.63) is 46.3 Å². The Morgan fingerprint density at radius 1 is 1.18 bits per heavy atom. The first-order valence-electron chi connectivity index (χ1n) is 9.05. The second-order valence-corrected chi connectivity index (χ2v) is 6.44. The van der Waals surface area contributed by atoms with Gasteiger partial charge in [0.15, 0.2) is 0 Å². The fraction of sp³-hybridized carbons (Fsp3) is 0.389. The molecule has 10 heteroatoms. The van der Waals surface area contributed by atoms with Gasteiger partial charge in [0.1, 0.15) is 12.1 Å². The number of nitrogens with zero attached hydrogens (tertiary/aromatic N) is 3. The maximum absolute atomic E-state index is 12.4. The minimum Gasteiger partial charge on any atom is -0.496 e. The molecule has 1 aromatic carbocycles. The molecule has 1 saturated carbocycles. The van der Waals surface area contributed by atoms with E-state index in [1.54, 1.807) is 24.3 Å². The molecule has 0 atom stereocenters. The van der Waals surface area contributed by atoms with E-state index < -0.39 is 10.8 Å². The summed E-state index contributed by atoms with van der Waals surface area (Å²) in [7, 11) is 1.46. The summed E-state index contributed by atoms with van der Waals surface area (Å²) in [4.78, 5) is 31.4. The summed E-state index contributed by atoms with van der Waals surface area (Å²) in [6.07, 6.45) is 6.43. The average molecular weight is 386 g/mol. The van der Waals surface area contributed by atoms with Gasteiger partial charge in [-0.15, -0.1) is 0 Å². The van der Waals surface area contributed by atoms with Gasteiger partial charge in [-0.3, -0.25) is 25.8 Å². The second kappa shape index (κ2) is 8.98. The zero-order valence-electron chi connectivity index (χ0n) is 15.5. The van der Waals surface area contributed by atoms with E-state index in [0.29, 0.717) is 5.75 Å². The fourth-order valence-corrected chi connectivity index (χ4v) is 3.20. The molecule has 3 rings (SSSR count). The molecular formula is C18H22N6O4. The zero-order chi connectivity index (χ0) is 19.9. The summed E-state index contributed by atoms with van der Waals surface area (Å²) in [6, 6.07) is 6.80. The molecule has 1 aliphatic carbocycles. The molecule has 28 heavy (non-hydrogen) atoms.